The maximum atomic E-state index is 11.5. The molecular formula is C13H20N2O. The van der Waals surface area contributed by atoms with Crippen molar-refractivity contribution in [1.82, 2.24) is 10.6 Å². The van der Waals surface area contributed by atoms with Crippen LogP contribution in [0, 0.1) is 0 Å². The molecule has 1 heterocycles. The molecule has 0 radical (unpaired) electrons. The van der Waals surface area contributed by atoms with E-state index in [-0.39, 0.29) is 11.9 Å². The van der Waals surface area contributed by atoms with Gasteiger partial charge in [-0.15, -0.1) is 0 Å². The van der Waals surface area contributed by atoms with Gasteiger partial charge < -0.3 is 10.6 Å². The van der Waals surface area contributed by atoms with Gasteiger partial charge in [-0.3, -0.25) is 4.79 Å². The zero-order valence-corrected chi connectivity index (χ0v) is 10.2. The number of rotatable bonds is 1. The highest BCUT2D eigenvalue weighted by molar-refractivity contribution is 5.82. The van der Waals surface area contributed by atoms with Gasteiger partial charge in [-0.1, -0.05) is 38.1 Å². The molecule has 0 aromatic heterocycles. The second-order valence-electron chi connectivity index (χ2n) is 3.53. The van der Waals surface area contributed by atoms with Gasteiger partial charge in [0.25, 0.3) is 0 Å². The van der Waals surface area contributed by atoms with E-state index in [9.17, 15) is 4.79 Å². The number of carbonyl (C=O) groups excluding carboxylic acids is 1. The molecular weight excluding hydrogens is 200 g/mol. The van der Waals surface area contributed by atoms with Crippen LogP contribution in [0.1, 0.15) is 25.0 Å². The molecule has 1 unspecified atom stereocenters. The lowest BCUT2D eigenvalue weighted by molar-refractivity contribution is -0.122. The number of nitrogens with one attached hydrogen (secondary N) is 2. The van der Waals surface area contributed by atoms with E-state index in [0.29, 0.717) is 6.54 Å². The third kappa shape index (κ3) is 2.83. The first-order valence-corrected chi connectivity index (χ1v) is 5.83. The molecule has 0 aliphatic carbocycles. The molecule has 1 amide bonds. The number of hydrogen-bond acceptors (Lipinski definition) is 2. The summed E-state index contributed by atoms with van der Waals surface area (Å²) in [5, 5.41) is 5.92. The summed E-state index contributed by atoms with van der Waals surface area (Å²) >= 11 is 0. The Balaban J connectivity index is 0.000000606. The molecule has 16 heavy (non-hydrogen) atoms. The van der Waals surface area contributed by atoms with Crippen LogP contribution in [0.15, 0.2) is 24.3 Å². The molecule has 2 N–H and O–H groups in total. The van der Waals surface area contributed by atoms with Crippen LogP contribution in [0.2, 0.25) is 0 Å². The molecule has 1 aromatic carbocycles. The van der Waals surface area contributed by atoms with Gasteiger partial charge in [0.1, 0.15) is 0 Å². The van der Waals surface area contributed by atoms with Crippen molar-refractivity contribution in [1.29, 1.82) is 0 Å². The molecule has 1 aromatic rings. The van der Waals surface area contributed by atoms with Crippen LogP contribution in [-0.4, -0.2) is 19.0 Å². The zero-order chi connectivity index (χ0) is 12.0. The highest BCUT2D eigenvalue weighted by atomic mass is 16.2. The molecule has 1 atom stereocenters. The number of fused-ring (bicyclic) bond motifs is 1. The van der Waals surface area contributed by atoms with E-state index in [1.54, 1.807) is 0 Å². The van der Waals surface area contributed by atoms with Crippen molar-refractivity contribution in [3.63, 3.8) is 0 Å². The fourth-order valence-electron chi connectivity index (χ4n) is 1.78. The first-order chi connectivity index (χ1) is 7.81. The van der Waals surface area contributed by atoms with Crippen LogP contribution >= 0.6 is 0 Å². The Hall–Kier alpha value is -1.35. The topological polar surface area (TPSA) is 41.1 Å². The second kappa shape index (κ2) is 6.28. The molecule has 3 heteroatoms. The van der Waals surface area contributed by atoms with Gasteiger partial charge in [0.05, 0.1) is 6.04 Å². The maximum Gasteiger partial charge on any atom is 0.237 e. The molecule has 0 spiro atoms. The van der Waals surface area contributed by atoms with Gasteiger partial charge in [-0.2, -0.15) is 0 Å². The summed E-state index contributed by atoms with van der Waals surface area (Å²) in [7, 11) is 1.82. The van der Waals surface area contributed by atoms with Crippen LogP contribution in [0.3, 0.4) is 0 Å². The fraction of sp³-hybridized carbons (Fsp3) is 0.462. The Morgan fingerprint density at radius 1 is 1.25 bits per heavy atom. The van der Waals surface area contributed by atoms with Crippen LogP contribution in [0.5, 0.6) is 0 Å². The predicted molar refractivity (Wildman–Crippen MR) is 66.2 cm³/mol. The molecule has 88 valence electrons. The SMILES string of the molecule is CC.CNC1Cc2ccccc2CNC1=O. The van der Waals surface area contributed by atoms with Gasteiger partial charge in [-0.25, -0.2) is 0 Å². The Morgan fingerprint density at radius 2 is 1.88 bits per heavy atom. The van der Waals surface area contributed by atoms with Crippen molar-refractivity contribution in [2.24, 2.45) is 0 Å². The van der Waals surface area contributed by atoms with Gasteiger partial charge in [0.2, 0.25) is 5.91 Å². The van der Waals surface area contributed by atoms with E-state index < -0.39 is 0 Å². The summed E-state index contributed by atoms with van der Waals surface area (Å²) in [6.45, 7) is 4.65. The Bertz CT molecular complexity index is 350. The summed E-state index contributed by atoms with van der Waals surface area (Å²) in [4.78, 5) is 11.5. The van der Waals surface area contributed by atoms with E-state index in [1.807, 2.05) is 33.0 Å². The summed E-state index contributed by atoms with van der Waals surface area (Å²) < 4.78 is 0. The van der Waals surface area contributed by atoms with Gasteiger partial charge >= 0.3 is 0 Å². The Morgan fingerprint density at radius 3 is 2.50 bits per heavy atom. The Kier molecular flexibility index (Phi) is 4.99. The number of likely N-dealkylation sites (N-methyl/N-ethyl adjacent to an activating group) is 1. The van der Waals surface area contributed by atoms with Crippen molar-refractivity contribution >= 4 is 5.91 Å². The van der Waals surface area contributed by atoms with Crippen LogP contribution in [-0.2, 0) is 17.8 Å². The summed E-state index contributed by atoms with van der Waals surface area (Å²) in [5.41, 5.74) is 2.48. The van der Waals surface area contributed by atoms with E-state index in [1.165, 1.54) is 11.1 Å². The largest absolute Gasteiger partial charge is 0.351 e. The Labute approximate surface area is 97.2 Å². The lowest BCUT2D eigenvalue weighted by Crippen LogP contribution is -2.41. The molecule has 0 bridgehead atoms. The lowest BCUT2D eigenvalue weighted by Gasteiger charge is -2.11. The number of carbonyl (C=O) groups is 1. The summed E-state index contributed by atoms with van der Waals surface area (Å²) in [6, 6.07) is 8.07. The smallest absolute Gasteiger partial charge is 0.237 e. The maximum absolute atomic E-state index is 11.5. The standard InChI is InChI=1S/C11H14N2O.C2H6/c1-12-10-6-8-4-2-3-5-9(8)7-13-11(10)14;1-2/h2-5,10,12H,6-7H2,1H3,(H,13,14);1-2H3. The van der Waals surface area contributed by atoms with Crippen molar-refractivity contribution in [3.8, 4) is 0 Å². The quantitative estimate of drug-likeness (QED) is 0.752. The van der Waals surface area contributed by atoms with Crippen LogP contribution in [0.25, 0.3) is 0 Å². The average Bonchev–Trinajstić information content (AvgIpc) is 2.51. The molecule has 0 fully saturated rings. The molecule has 1 aliphatic rings. The van der Waals surface area contributed by atoms with E-state index in [2.05, 4.69) is 22.8 Å². The first-order valence-electron chi connectivity index (χ1n) is 5.83. The predicted octanol–water partition coefficient (Wildman–Crippen LogP) is 1.47. The third-order valence-corrected chi connectivity index (χ3v) is 2.66. The van der Waals surface area contributed by atoms with Crippen LogP contribution < -0.4 is 10.6 Å². The molecule has 0 saturated carbocycles. The average molecular weight is 220 g/mol. The molecule has 2 rings (SSSR count). The van der Waals surface area contributed by atoms with E-state index in [4.69, 9.17) is 0 Å². The van der Waals surface area contributed by atoms with Crippen molar-refractivity contribution in [2.75, 3.05) is 7.05 Å². The van der Waals surface area contributed by atoms with Crippen molar-refractivity contribution < 1.29 is 4.79 Å². The molecule has 0 saturated heterocycles. The molecule has 1 aliphatic heterocycles. The normalized spacial score (nSPS) is 18.7. The number of amides is 1. The monoisotopic (exact) mass is 220 g/mol. The second-order valence-corrected chi connectivity index (χ2v) is 3.53. The minimum atomic E-state index is -0.0985. The number of hydrogen-bond donors (Lipinski definition) is 2. The lowest BCUT2D eigenvalue weighted by atomic mass is 10.0. The molecule has 3 nitrogen and oxygen atoms in total. The van der Waals surface area contributed by atoms with Gasteiger partial charge in [0.15, 0.2) is 0 Å². The van der Waals surface area contributed by atoms with Crippen LogP contribution in [0.4, 0.5) is 0 Å². The van der Waals surface area contributed by atoms with E-state index >= 15 is 0 Å². The minimum Gasteiger partial charge on any atom is -0.351 e. The third-order valence-electron chi connectivity index (χ3n) is 2.66. The van der Waals surface area contributed by atoms with Gasteiger partial charge in [0, 0.05) is 6.54 Å². The zero-order valence-electron chi connectivity index (χ0n) is 10.2. The van der Waals surface area contributed by atoms with E-state index in [0.717, 1.165) is 6.42 Å². The fourth-order valence-corrected chi connectivity index (χ4v) is 1.78. The first kappa shape index (κ1) is 12.7. The minimum absolute atomic E-state index is 0.0868. The van der Waals surface area contributed by atoms with Crippen molar-refractivity contribution in [3.05, 3.63) is 35.4 Å². The van der Waals surface area contributed by atoms with Gasteiger partial charge in [-0.05, 0) is 24.6 Å². The summed E-state index contributed by atoms with van der Waals surface area (Å²) in [5.74, 6) is 0.0868. The van der Waals surface area contributed by atoms with Crippen molar-refractivity contribution in [2.45, 2.75) is 32.9 Å². The highest BCUT2D eigenvalue weighted by Gasteiger charge is 2.21. The number of benzene rings is 1. The highest BCUT2D eigenvalue weighted by Crippen LogP contribution is 2.14. The summed E-state index contributed by atoms with van der Waals surface area (Å²) in [6.07, 6.45) is 0.776.